The maximum absolute atomic E-state index is 10.9. The Morgan fingerprint density at radius 3 is 2.81 bits per heavy atom. The van der Waals surface area contributed by atoms with Crippen molar-refractivity contribution in [1.82, 2.24) is 5.32 Å². The van der Waals surface area contributed by atoms with Crippen molar-refractivity contribution in [2.24, 2.45) is 0 Å². The highest BCUT2D eigenvalue weighted by Gasteiger charge is 2.10. The highest BCUT2D eigenvalue weighted by Crippen LogP contribution is 2.22. The van der Waals surface area contributed by atoms with E-state index in [0.29, 0.717) is 0 Å². The molecule has 0 aromatic heterocycles. The van der Waals surface area contributed by atoms with Crippen LogP contribution in [0.25, 0.3) is 0 Å². The Balaban J connectivity index is 2.82. The van der Waals surface area contributed by atoms with Crippen molar-refractivity contribution in [3.05, 3.63) is 33.9 Å². The lowest BCUT2D eigenvalue weighted by Crippen LogP contribution is -2.23. The number of benzene rings is 1. The average Bonchev–Trinajstić information content (AvgIpc) is 2.27. The fourth-order valence-corrected chi connectivity index (χ4v) is 1.16. The van der Waals surface area contributed by atoms with Crippen LogP contribution in [0.15, 0.2) is 18.2 Å². The first-order chi connectivity index (χ1) is 7.54. The Morgan fingerprint density at radius 1 is 1.56 bits per heavy atom. The molecule has 0 heterocycles. The first-order valence-corrected chi connectivity index (χ1v) is 4.87. The number of carbonyl (C=O) groups is 1. The quantitative estimate of drug-likeness (QED) is 0.472. The molecule has 0 spiro atoms. The minimum atomic E-state index is -0.577. The van der Waals surface area contributed by atoms with Gasteiger partial charge in [-0.1, -0.05) is 0 Å². The van der Waals surface area contributed by atoms with E-state index in [0.717, 1.165) is 0 Å². The van der Waals surface area contributed by atoms with E-state index in [-0.39, 0.29) is 29.4 Å². The number of nitro benzene ring substituents is 1. The minimum absolute atomic E-state index is 0.000926. The van der Waals surface area contributed by atoms with E-state index in [1.54, 1.807) is 0 Å². The zero-order valence-corrected chi connectivity index (χ0v) is 8.90. The van der Waals surface area contributed by atoms with Crippen LogP contribution in [0.1, 0.15) is 5.56 Å². The molecule has 0 aliphatic rings. The van der Waals surface area contributed by atoms with Crippen molar-refractivity contribution in [2.75, 3.05) is 5.88 Å². The van der Waals surface area contributed by atoms with Gasteiger partial charge in [-0.05, 0) is 6.07 Å². The van der Waals surface area contributed by atoms with Gasteiger partial charge < -0.3 is 10.4 Å². The maximum atomic E-state index is 10.9. The molecule has 0 bridgehead atoms. The van der Waals surface area contributed by atoms with Gasteiger partial charge >= 0.3 is 0 Å². The lowest BCUT2D eigenvalue weighted by atomic mass is 10.2. The lowest BCUT2D eigenvalue weighted by Gasteiger charge is -2.05. The zero-order valence-electron chi connectivity index (χ0n) is 8.14. The molecular formula is C9H9ClN2O4. The van der Waals surface area contributed by atoms with Gasteiger partial charge in [-0.25, -0.2) is 0 Å². The van der Waals surface area contributed by atoms with Gasteiger partial charge in [-0.2, -0.15) is 0 Å². The monoisotopic (exact) mass is 244 g/mol. The number of halogens is 1. The summed E-state index contributed by atoms with van der Waals surface area (Å²) in [6.45, 7) is -0.000926. The van der Waals surface area contributed by atoms with Crippen molar-refractivity contribution < 1.29 is 14.8 Å². The van der Waals surface area contributed by atoms with Crippen LogP contribution in [0.2, 0.25) is 0 Å². The topological polar surface area (TPSA) is 92.5 Å². The molecule has 0 saturated carbocycles. The second kappa shape index (κ2) is 5.32. The summed E-state index contributed by atoms with van der Waals surface area (Å²) in [4.78, 5) is 20.8. The zero-order chi connectivity index (χ0) is 12.1. The number of nitrogens with one attached hydrogen (secondary N) is 1. The fourth-order valence-electron chi connectivity index (χ4n) is 1.07. The number of hydrogen-bond acceptors (Lipinski definition) is 4. The van der Waals surface area contributed by atoms with Crippen molar-refractivity contribution >= 4 is 23.2 Å². The highest BCUT2D eigenvalue weighted by molar-refractivity contribution is 6.27. The Hall–Kier alpha value is -1.82. The van der Waals surface area contributed by atoms with Gasteiger partial charge in [0, 0.05) is 24.2 Å². The summed E-state index contributed by atoms with van der Waals surface area (Å²) in [6.07, 6.45) is 0. The van der Waals surface area contributed by atoms with Gasteiger partial charge in [0.05, 0.1) is 4.92 Å². The summed E-state index contributed by atoms with van der Waals surface area (Å²) >= 11 is 5.26. The Bertz CT molecular complexity index is 422. The molecule has 1 rings (SSSR count). The Morgan fingerprint density at radius 2 is 2.25 bits per heavy atom. The summed E-state index contributed by atoms with van der Waals surface area (Å²) in [5.74, 6) is -0.719. The first-order valence-electron chi connectivity index (χ1n) is 4.33. The molecule has 0 unspecified atom stereocenters. The summed E-state index contributed by atoms with van der Waals surface area (Å²) in [5.41, 5.74) is 0.126. The molecular weight excluding hydrogens is 236 g/mol. The molecule has 1 amide bonds. The Labute approximate surface area is 96.0 Å². The third kappa shape index (κ3) is 3.09. The maximum Gasteiger partial charge on any atom is 0.270 e. The first kappa shape index (κ1) is 12.3. The van der Waals surface area contributed by atoms with Crippen molar-refractivity contribution in [2.45, 2.75) is 6.54 Å². The molecule has 0 aliphatic heterocycles. The van der Waals surface area contributed by atoms with Gasteiger partial charge in [0.25, 0.3) is 5.69 Å². The fraction of sp³-hybridized carbons (Fsp3) is 0.222. The van der Waals surface area contributed by atoms with Crippen LogP contribution < -0.4 is 5.32 Å². The number of phenolic OH excluding ortho intramolecular Hbond substituents is 1. The van der Waals surface area contributed by atoms with E-state index in [9.17, 15) is 20.0 Å². The molecule has 1 aromatic carbocycles. The van der Waals surface area contributed by atoms with Crippen LogP contribution in [-0.2, 0) is 11.3 Å². The largest absolute Gasteiger partial charge is 0.508 e. The highest BCUT2D eigenvalue weighted by atomic mass is 35.5. The minimum Gasteiger partial charge on any atom is -0.508 e. The third-order valence-corrected chi connectivity index (χ3v) is 2.11. The van der Waals surface area contributed by atoms with Crippen molar-refractivity contribution in [1.29, 1.82) is 0 Å². The number of hydrogen-bond donors (Lipinski definition) is 2. The van der Waals surface area contributed by atoms with Gasteiger partial charge in [0.2, 0.25) is 5.91 Å². The van der Waals surface area contributed by atoms with Gasteiger partial charge in [-0.3, -0.25) is 14.9 Å². The van der Waals surface area contributed by atoms with E-state index in [1.165, 1.54) is 18.2 Å². The number of aromatic hydroxyl groups is 1. The van der Waals surface area contributed by atoms with Crippen LogP contribution in [0.4, 0.5) is 5.69 Å². The average molecular weight is 245 g/mol. The molecule has 0 radical (unpaired) electrons. The van der Waals surface area contributed by atoms with Crippen LogP contribution >= 0.6 is 11.6 Å². The molecule has 0 atom stereocenters. The van der Waals surface area contributed by atoms with E-state index >= 15 is 0 Å². The SMILES string of the molecule is O=C(CCl)NCc1cc([N+](=O)[O-])ccc1O. The predicted octanol–water partition coefficient (Wildman–Crippen LogP) is 1.16. The molecule has 16 heavy (non-hydrogen) atoms. The number of amides is 1. The second-order valence-corrected chi connectivity index (χ2v) is 3.25. The molecule has 86 valence electrons. The standard InChI is InChI=1S/C9H9ClN2O4/c10-4-9(14)11-5-6-3-7(12(15)16)1-2-8(6)13/h1-3,13H,4-5H2,(H,11,14). The van der Waals surface area contributed by atoms with E-state index in [4.69, 9.17) is 11.6 Å². The van der Waals surface area contributed by atoms with E-state index in [2.05, 4.69) is 5.32 Å². The van der Waals surface area contributed by atoms with Gasteiger partial charge in [0.15, 0.2) is 0 Å². The van der Waals surface area contributed by atoms with E-state index in [1.807, 2.05) is 0 Å². The van der Waals surface area contributed by atoms with Crippen LogP contribution in [0, 0.1) is 10.1 Å². The second-order valence-electron chi connectivity index (χ2n) is 2.98. The number of rotatable bonds is 4. The molecule has 0 saturated heterocycles. The molecule has 0 fully saturated rings. The van der Waals surface area contributed by atoms with Gasteiger partial charge in [-0.15, -0.1) is 11.6 Å². The predicted molar refractivity (Wildman–Crippen MR) is 57.3 cm³/mol. The van der Waals surface area contributed by atoms with Crippen LogP contribution in [0.3, 0.4) is 0 Å². The molecule has 1 aromatic rings. The van der Waals surface area contributed by atoms with Crippen LogP contribution in [0.5, 0.6) is 5.75 Å². The van der Waals surface area contributed by atoms with Gasteiger partial charge in [0.1, 0.15) is 11.6 Å². The molecule has 6 nitrogen and oxygen atoms in total. The summed E-state index contributed by atoms with van der Waals surface area (Å²) < 4.78 is 0. The molecule has 0 aliphatic carbocycles. The molecule has 7 heteroatoms. The van der Waals surface area contributed by atoms with Crippen molar-refractivity contribution in [3.8, 4) is 5.75 Å². The smallest absolute Gasteiger partial charge is 0.270 e. The number of carbonyl (C=O) groups excluding carboxylic acids is 1. The number of non-ortho nitro benzene ring substituents is 1. The van der Waals surface area contributed by atoms with Crippen LogP contribution in [-0.4, -0.2) is 21.8 Å². The number of alkyl halides is 1. The number of nitro groups is 1. The summed E-state index contributed by atoms with van der Waals surface area (Å²) in [7, 11) is 0. The summed E-state index contributed by atoms with van der Waals surface area (Å²) in [5, 5.41) is 22.3. The Kier molecular flexibility index (Phi) is 4.07. The number of phenols is 1. The normalized spacial score (nSPS) is 9.81. The lowest BCUT2D eigenvalue weighted by molar-refractivity contribution is -0.384. The van der Waals surface area contributed by atoms with E-state index < -0.39 is 10.8 Å². The third-order valence-electron chi connectivity index (χ3n) is 1.87. The van der Waals surface area contributed by atoms with Crippen molar-refractivity contribution in [3.63, 3.8) is 0 Å². The summed E-state index contributed by atoms with van der Waals surface area (Å²) in [6, 6.07) is 3.59. The molecule has 2 N–H and O–H groups in total. The number of nitrogens with zero attached hydrogens (tertiary/aromatic N) is 1.